The minimum atomic E-state index is -0.178. The molecule has 0 radical (unpaired) electrons. The molecule has 0 bridgehead atoms. The van der Waals surface area contributed by atoms with Crippen LogP contribution in [0.25, 0.3) is 26.1 Å². The van der Waals surface area contributed by atoms with E-state index in [1.807, 2.05) is 30.3 Å². The molecule has 2 heterocycles. The Balaban J connectivity index is 2.02. The topological polar surface area (TPSA) is 47.8 Å². The van der Waals surface area contributed by atoms with E-state index in [2.05, 4.69) is 10.1 Å². The molecule has 0 saturated carbocycles. The van der Waals surface area contributed by atoms with Crippen molar-refractivity contribution in [2.24, 2.45) is 0 Å². The van der Waals surface area contributed by atoms with Crippen LogP contribution in [0.2, 0.25) is 5.02 Å². The van der Waals surface area contributed by atoms with Crippen molar-refractivity contribution in [2.75, 3.05) is 0 Å². The maximum absolute atomic E-state index is 12.5. The van der Waals surface area contributed by atoms with E-state index in [-0.39, 0.29) is 5.56 Å². The summed E-state index contributed by atoms with van der Waals surface area (Å²) >= 11 is 7.52. The molecule has 0 spiro atoms. The van der Waals surface area contributed by atoms with E-state index in [1.165, 1.54) is 16.0 Å². The number of hydrogen-bond donors (Lipinski definition) is 0. The van der Waals surface area contributed by atoms with Crippen molar-refractivity contribution < 1.29 is 0 Å². The lowest BCUT2D eigenvalue weighted by Crippen LogP contribution is -2.20. The molecule has 2 aromatic carbocycles. The summed E-state index contributed by atoms with van der Waals surface area (Å²) in [6.07, 6.45) is 1.67. The van der Waals surface area contributed by atoms with E-state index < -0.39 is 0 Å². The highest BCUT2D eigenvalue weighted by Crippen LogP contribution is 2.29. The first-order chi connectivity index (χ1) is 10.2. The Hall–Kier alpha value is -2.24. The average Bonchev–Trinajstić information content (AvgIpc) is 2.93. The van der Waals surface area contributed by atoms with E-state index in [4.69, 9.17) is 11.6 Å². The van der Waals surface area contributed by atoms with Crippen molar-refractivity contribution in [2.45, 2.75) is 0 Å². The highest BCUT2D eigenvalue weighted by atomic mass is 35.5. The van der Waals surface area contributed by atoms with Gasteiger partial charge in [0.15, 0.2) is 0 Å². The summed E-state index contributed by atoms with van der Waals surface area (Å²) in [6, 6.07) is 12.9. The van der Waals surface area contributed by atoms with Crippen LogP contribution in [0.3, 0.4) is 0 Å². The van der Waals surface area contributed by atoms with E-state index in [9.17, 15) is 4.79 Å². The number of rotatable bonds is 1. The molecule has 0 N–H and O–H groups in total. The zero-order valence-electron chi connectivity index (χ0n) is 10.7. The van der Waals surface area contributed by atoms with Crippen LogP contribution in [0.4, 0.5) is 0 Å². The predicted octanol–water partition coefficient (Wildman–Crippen LogP) is 3.65. The summed E-state index contributed by atoms with van der Waals surface area (Å²) in [6.45, 7) is 0. The lowest BCUT2D eigenvalue weighted by atomic mass is 10.2. The molecule has 0 unspecified atom stereocenters. The zero-order valence-corrected chi connectivity index (χ0v) is 12.2. The van der Waals surface area contributed by atoms with Crippen LogP contribution in [-0.2, 0) is 0 Å². The molecule has 0 aliphatic carbocycles. The second-order valence-corrected chi connectivity index (χ2v) is 5.95. The van der Waals surface area contributed by atoms with Gasteiger partial charge >= 0.3 is 0 Å². The molecule has 2 aromatic heterocycles. The summed E-state index contributed by atoms with van der Waals surface area (Å²) in [4.78, 5) is 17.0. The lowest BCUT2D eigenvalue weighted by Gasteiger charge is -2.01. The normalized spacial score (nSPS) is 11.3. The van der Waals surface area contributed by atoms with Gasteiger partial charge in [-0.3, -0.25) is 4.79 Å². The summed E-state index contributed by atoms with van der Waals surface area (Å²) in [7, 11) is 0. The average molecular weight is 314 g/mol. The van der Waals surface area contributed by atoms with Gasteiger partial charge in [0.05, 0.1) is 21.3 Å². The van der Waals surface area contributed by atoms with Crippen molar-refractivity contribution >= 4 is 43.9 Å². The number of hydrogen-bond acceptors (Lipinski definition) is 4. The van der Waals surface area contributed by atoms with Crippen LogP contribution in [0.5, 0.6) is 0 Å². The van der Waals surface area contributed by atoms with Gasteiger partial charge in [-0.25, -0.2) is 4.98 Å². The zero-order chi connectivity index (χ0) is 14.4. The highest BCUT2D eigenvalue weighted by molar-refractivity contribution is 7.20. The third-order valence-electron chi connectivity index (χ3n) is 3.24. The Labute approximate surface area is 128 Å². The number of thiazole rings is 1. The first kappa shape index (κ1) is 12.5. The molecule has 0 fully saturated rings. The van der Waals surface area contributed by atoms with Crippen LogP contribution in [0.15, 0.2) is 53.5 Å². The number of fused-ring (bicyclic) bond motifs is 2. The Kier molecular flexibility index (Phi) is 2.77. The van der Waals surface area contributed by atoms with Gasteiger partial charge in [-0.15, -0.1) is 0 Å². The van der Waals surface area contributed by atoms with Gasteiger partial charge in [-0.2, -0.15) is 9.78 Å². The smallest absolute Gasteiger partial charge is 0.267 e. The maximum atomic E-state index is 12.5. The predicted molar refractivity (Wildman–Crippen MR) is 85.5 cm³/mol. The van der Waals surface area contributed by atoms with Gasteiger partial charge in [0.2, 0.25) is 5.13 Å². The monoisotopic (exact) mass is 313 g/mol. The Morgan fingerprint density at radius 3 is 2.81 bits per heavy atom. The van der Waals surface area contributed by atoms with Crippen molar-refractivity contribution in [1.82, 2.24) is 14.8 Å². The van der Waals surface area contributed by atoms with Gasteiger partial charge in [0.1, 0.15) is 5.52 Å². The van der Waals surface area contributed by atoms with Gasteiger partial charge in [0, 0.05) is 5.39 Å². The summed E-state index contributed by atoms with van der Waals surface area (Å²) in [5, 5.41) is 6.75. The second-order valence-electron chi connectivity index (χ2n) is 4.53. The SMILES string of the molecule is O=c1c2ccccc2cnn1-c1nc2c(Cl)cccc2s1. The van der Waals surface area contributed by atoms with Crippen LogP contribution in [-0.4, -0.2) is 14.8 Å². The fourth-order valence-corrected chi connectivity index (χ4v) is 3.44. The first-order valence-electron chi connectivity index (χ1n) is 6.26. The van der Waals surface area contributed by atoms with Crippen LogP contribution < -0.4 is 5.56 Å². The maximum Gasteiger partial charge on any atom is 0.281 e. The van der Waals surface area contributed by atoms with Gasteiger partial charge in [-0.05, 0) is 18.2 Å². The molecular weight excluding hydrogens is 306 g/mol. The van der Waals surface area contributed by atoms with Crippen LogP contribution >= 0.6 is 22.9 Å². The number of benzene rings is 2. The molecule has 4 aromatic rings. The Morgan fingerprint density at radius 1 is 1.10 bits per heavy atom. The van der Waals surface area contributed by atoms with Gasteiger partial charge in [0.25, 0.3) is 5.56 Å². The summed E-state index contributed by atoms with van der Waals surface area (Å²) in [5.74, 6) is 0. The number of aromatic nitrogens is 3. The molecule has 0 aliphatic rings. The molecule has 102 valence electrons. The van der Waals surface area contributed by atoms with Crippen molar-refractivity contribution in [3.8, 4) is 5.13 Å². The minimum Gasteiger partial charge on any atom is -0.267 e. The van der Waals surface area contributed by atoms with Gasteiger partial charge < -0.3 is 0 Å². The molecule has 21 heavy (non-hydrogen) atoms. The Morgan fingerprint density at radius 2 is 1.95 bits per heavy atom. The fourth-order valence-electron chi connectivity index (χ4n) is 2.22. The molecule has 4 nitrogen and oxygen atoms in total. The molecule has 0 saturated heterocycles. The van der Waals surface area contributed by atoms with Crippen LogP contribution in [0.1, 0.15) is 0 Å². The van der Waals surface area contributed by atoms with Gasteiger partial charge in [-0.1, -0.05) is 47.2 Å². The van der Waals surface area contributed by atoms with E-state index >= 15 is 0 Å². The third kappa shape index (κ3) is 1.93. The van der Waals surface area contributed by atoms with E-state index in [1.54, 1.807) is 18.3 Å². The van der Waals surface area contributed by atoms with Crippen molar-refractivity contribution in [3.05, 3.63) is 64.0 Å². The molecular formula is C15H8ClN3OS. The highest BCUT2D eigenvalue weighted by Gasteiger charge is 2.12. The third-order valence-corrected chi connectivity index (χ3v) is 4.54. The molecule has 0 atom stereocenters. The number of para-hydroxylation sites is 1. The van der Waals surface area contributed by atoms with Crippen LogP contribution in [0, 0.1) is 0 Å². The van der Waals surface area contributed by atoms with E-state index in [0.29, 0.717) is 21.1 Å². The fraction of sp³-hybridized carbons (Fsp3) is 0. The number of nitrogens with zero attached hydrogens (tertiary/aromatic N) is 3. The molecule has 0 aliphatic heterocycles. The number of halogens is 1. The lowest BCUT2D eigenvalue weighted by molar-refractivity contribution is 0.815. The largest absolute Gasteiger partial charge is 0.281 e. The first-order valence-corrected chi connectivity index (χ1v) is 7.46. The van der Waals surface area contributed by atoms with Crippen molar-refractivity contribution in [1.29, 1.82) is 0 Å². The minimum absolute atomic E-state index is 0.178. The molecule has 6 heteroatoms. The Bertz CT molecular complexity index is 1040. The van der Waals surface area contributed by atoms with E-state index in [0.717, 1.165) is 10.1 Å². The second kappa shape index (κ2) is 4.65. The molecule has 4 rings (SSSR count). The standard InChI is InChI=1S/C15H8ClN3OS/c16-11-6-3-7-12-13(11)18-15(21-12)19-14(20)10-5-2-1-4-9(10)8-17-19/h1-8H. The van der Waals surface area contributed by atoms with Crippen molar-refractivity contribution in [3.63, 3.8) is 0 Å². The quantitative estimate of drug-likeness (QED) is 0.539. The summed E-state index contributed by atoms with van der Waals surface area (Å²) in [5.41, 5.74) is 0.518. The molecule has 0 amide bonds. The summed E-state index contributed by atoms with van der Waals surface area (Å²) < 4.78 is 2.25.